The van der Waals surface area contributed by atoms with Gasteiger partial charge in [-0.3, -0.25) is 53.9 Å². The first kappa shape index (κ1) is 107. The van der Waals surface area contributed by atoms with Gasteiger partial charge in [0.2, 0.25) is 5.91 Å². The predicted octanol–water partition coefficient (Wildman–Crippen LogP) is 13.5. The lowest BCUT2D eigenvalue weighted by Crippen LogP contribution is -2.52. The minimum Gasteiger partial charge on any atom is -0.440 e. The third-order valence-electron chi connectivity index (χ3n) is 25.2. The lowest BCUT2D eigenvalue weighted by Gasteiger charge is -2.36. The molecule has 7 aromatic rings. The second kappa shape index (κ2) is 46.5. The molecule has 2 aromatic heterocycles. The summed E-state index contributed by atoms with van der Waals surface area (Å²) in [4.78, 5) is 142. The molecule has 36 heteroatoms. The molecule has 1 saturated carbocycles. The van der Waals surface area contributed by atoms with E-state index in [0.29, 0.717) is 117 Å². The first-order chi connectivity index (χ1) is 62.4. The zero-order valence-electron chi connectivity index (χ0n) is 79.4. The second-order valence-electron chi connectivity index (χ2n) is 36.8. The molecule has 722 valence electrons. The highest BCUT2D eigenvalue weighted by Crippen LogP contribution is 2.44. The quantitative estimate of drug-likeness (QED) is 0.0413. The van der Waals surface area contributed by atoms with Gasteiger partial charge in [-0.25, -0.2) is 28.0 Å². The van der Waals surface area contributed by atoms with Crippen LogP contribution in [0.4, 0.5) is 28.0 Å². The maximum absolute atomic E-state index is 13.4. The maximum Gasteiger partial charge on any atom is 0.411 e. The zero-order valence-corrected chi connectivity index (χ0v) is 84.2. The normalized spacial score (nSPS) is 17.9. The molecule has 16 rings (SSSR count). The number of hydrogen-bond acceptors (Lipinski definition) is 20. The van der Waals surface area contributed by atoms with Gasteiger partial charge in [0.25, 0.3) is 17.7 Å². The number of halogens is 2. The third kappa shape index (κ3) is 25.3. The zero-order chi connectivity index (χ0) is 94.0. The molecule has 0 unspecified atom stereocenters. The van der Waals surface area contributed by atoms with Crippen molar-refractivity contribution in [2.75, 3.05) is 135 Å². The van der Waals surface area contributed by atoms with Gasteiger partial charge in [-0.1, -0.05) is 122 Å². The van der Waals surface area contributed by atoms with Crippen LogP contribution in [0.1, 0.15) is 152 Å². The molecule has 4 atom stereocenters. The summed E-state index contributed by atoms with van der Waals surface area (Å²) in [7, 11) is 15.6. The number of ether oxygens (including phenoxy) is 2. The number of hydrogen-bond donors (Lipinski definition) is 6. The number of rotatable bonds is 20. The number of likely N-dealkylation sites (N-methyl/N-ethyl adjacent to an activating group) is 4. The fourth-order valence-electron chi connectivity index (χ4n) is 17.4. The topological polar surface area (TPSA) is 315 Å². The van der Waals surface area contributed by atoms with Gasteiger partial charge in [-0.05, 0) is 229 Å². The summed E-state index contributed by atoms with van der Waals surface area (Å²) in [6.45, 7) is 21.6. The molecule has 1 aliphatic carbocycles. The van der Waals surface area contributed by atoms with Crippen LogP contribution < -0.4 is 31.9 Å². The molecule has 0 spiro atoms. The van der Waals surface area contributed by atoms with Crippen LogP contribution in [0.5, 0.6) is 0 Å². The number of aliphatic imine (C=N–C) groups is 4. The number of urea groups is 2. The van der Waals surface area contributed by atoms with E-state index >= 15 is 0 Å². The highest BCUT2D eigenvalue weighted by molar-refractivity contribution is 7.59. The van der Waals surface area contributed by atoms with E-state index in [1.807, 2.05) is 220 Å². The smallest absolute Gasteiger partial charge is 0.411 e. The van der Waals surface area contributed by atoms with Crippen molar-refractivity contribution in [1.29, 1.82) is 0 Å². The van der Waals surface area contributed by atoms with E-state index in [4.69, 9.17) is 9.47 Å². The summed E-state index contributed by atoms with van der Waals surface area (Å²) in [5, 5.41) is 20.0. The number of aromatic nitrogens is 1. The number of nitrogens with zero attached hydrogens (tertiary/aromatic N) is 13. The van der Waals surface area contributed by atoms with Gasteiger partial charge in [-0.2, -0.15) is 54.0 Å². The Labute approximate surface area is 821 Å². The highest BCUT2D eigenvalue weighted by Gasteiger charge is 2.51. The molecule has 6 N–H and O–H groups in total. The lowest BCUT2D eigenvalue weighted by molar-refractivity contribution is -0.125. The summed E-state index contributed by atoms with van der Waals surface area (Å²) in [6.07, 6.45) is 2.73. The average molecular weight is 1940 g/mol. The summed E-state index contributed by atoms with van der Waals surface area (Å²) in [5.41, 5.74) is 9.94. The SMILES string of the molecule is CN(C)C[C@@H](NC(=O)N1CC2=C(CN=C2NC(=O)C2CCC2)C1(C)C)c1ccccc1.CN(C)C[C@@H](NC(=O)N1CC2=C(CN=C2NC(=O)c2cccs2)C1(C)C)c1ccccc1.CN(C)C[C@@H](OC(=O)N1CC2=C(CN=C2NC(=O)c2ccc(F)cc2)C1(C)C)c1ccc(F)cc1.CN(C)C[C@@H](OC(=O)N1CC2=C(CN=C2NC(=O)c2ccccn2)C1(C)C)c1ccccc1.S.S.S.S. The number of thiophene rings is 1. The Hall–Kier alpha value is -11.4. The van der Waals surface area contributed by atoms with Gasteiger partial charge in [-0.15, -0.1) is 11.3 Å². The fourth-order valence-corrected chi connectivity index (χ4v) is 18.0. The molecule has 10 heterocycles. The van der Waals surface area contributed by atoms with Crippen molar-refractivity contribution in [3.63, 3.8) is 0 Å². The molecule has 10 amide bonds. The van der Waals surface area contributed by atoms with Crippen molar-refractivity contribution in [2.45, 2.75) is 121 Å². The molecule has 0 radical (unpaired) electrons. The van der Waals surface area contributed by atoms with Crippen molar-refractivity contribution in [3.8, 4) is 0 Å². The largest absolute Gasteiger partial charge is 0.440 e. The van der Waals surface area contributed by atoms with Crippen molar-refractivity contribution in [3.05, 3.63) is 276 Å². The standard InChI is InChI=1S/C26H28F2N4O3.C25H29N5O3.C24H29N5O2S.C24H33N5O2.4H2S/c1-26(2)21-13-29-23(30-24(33)17-7-11-19(28)12-8-17)20(21)14-32(26)25(34)35-22(15-31(3)4)16-5-9-18(27)10-6-16;1-25(2)19-14-27-22(28-23(31)20-12-8-9-13-26-20)18(19)15-30(25)24(32)33-21(16-29(3)4)17-10-6-5-7-11-17;1-24(2)18-13-25-21(27-22(30)20-11-8-12-32-20)17(18)14-29(24)23(31)26-19(15-28(3)4)16-9-6-5-7-10-16;1-24(2)19-13-25-21(27-22(30)17-11-8-12-17)18(19)14-29(24)23(31)26-20(15-28(3)4)16-9-6-5-7-10-16;;;;/h5-12,22H,13-15H2,1-4H3,(H,29,30,33);5-13,21H,14-16H2,1-4H3,(H,27,28,31);5-12,19H,13-15H2,1-4H3,(H,26,31)(H,25,27,30);5-7,9-10,17,20H,8,11-15H2,1-4H3,(H,26,31)(H,25,27,30);4*1H2/t22-;21-;19-;20-;;;;/m1111..../s1. The first-order valence-electron chi connectivity index (χ1n) is 44.0. The fraction of sp³-hybridized carbons (Fsp3) is 0.404. The molecule has 9 aliphatic rings. The number of amides is 10. The van der Waals surface area contributed by atoms with Crippen LogP contribution in [-0.4, -0.2) is 272 Å². The summed E-state index contributed by atoms with van der Waals surface area (Å²) < 4.78 is 38.5. The number of carbonyl (C=O) groups is 8. The highest BCUT2D eigenvalue weighted by atomic mass is 32.1. The van der Waals surface area contributed by atoms with Crippen LogP contribution in [0.3, 0.4) is 0 Å². The number of benzene rings is 5. The van der Waals surface area contributed by atoms with E-state index < -0.39 is 52.2 Å². The maximum atomic E-state index is 13.4. The molecule has 5 aromatic carbocycles. The van der Waals surface area contributed by atoms with E-state index in [9.17, 15) is 47.1 Å². The van der Waals surface area contributed by atoms with Crippen LogP contribution in [0.25, 0.3) is 0 Å². The molecule has 0 bridgehead atoms. The number of amidine groups is 4. The van der Waals surface area contributed by atoms with Crippen molar-refractivity contribution < 1.29 is 56.6 Å². The van der Waals surface area contributed by atoms with Gasteiger partial charge >= 0.3 is 24.2 Å². The van der Waals surface area contributed by atoms with E-state index in [1.54, 1.807) is 52.4 Å². The van der Waals surface area contributed by atoms with Gasteiger partial charge in [0.1, 0.15) is 52.9 Å². The Morgan fingerprint density at radius 1 is 0.407 bits per heavy atom. The average Bonchev–Trinajstić information content (AvgIpc) is 1.61. The first-order valence-corrected chi connectivity index (χ1v) is 44.9. The predicted molar refractivity (Wildman–Crippen MR) is 546 cm³/mol. The van der Waals surface area contributed by atoms with Gasteiger partial charge in [0.15, 0.2) is 0 Å². The summed E-state index contributed by atoms with van der Waals surface area (Å²) in [5.74, 6) is 0.632. The third-order valence-corrected chi connectivity index (χ3v) is 26.1. The lowest BCUT2D eigenvalue weighted by atomic mass is 9.85. The molecule has 8 aliphatic heterocycles. The Morgan fingerprint density at radius 2 is 0.756 bits per heavy atom. The minimum absolute atomic E-state index is 0. The monoisotopic (exact) mass is 1940 g/mol. The van der Waals surface area contributed by atoms with E-state index in [0.717, 1.165) is 80.5 Å². The van der Waals surface area contributed by atoms with Crippen molar-refractivity contribution in [1.82, 2.24) is 76.1 Å². The molecule has 29 nitrogen and oxygen atoms in total. The van der Waals surface area contributed by atoms with Gasteiger partial charge in [0, 0.05) is 66.1 Å². The van der Waals surface area contributed by atoms with Crippen LogP contribution in [-0.2, 0) is 14.3 Å². The van der Waals surface area contributed by atoms with Gasteiger partial charge in [0.05, 0.1) is 91.5 Å². The molecule has 0 saturated heterocycles. The van der Waals surface area contributed by atoms with Crippen LogP contribution in [0, 0.1) is 17.6 Å². The summed E-state index contributed by atoms with van der Waals surface area (Å²) in [6, 6.07) is 49.3. The molecule has 135 heavy (non-hydrogen) atoms. The van der Waals surface area contributed by atoms with E-state index in [-0.39, 0.29) is 120 Å². The molecule has 1 fully saturated rings. The minimum atomic E-state index is -0.677. The number of nitrogens with one attached hydrogen (secondary N) is 6. The Balaban J connectivity index is 0.000000200. The van der Waals surface area contributed by atoms with Gasteiger partial charge < -0.3 is 70.8 Å². The molecular weight excluding hydrogens is 1810 g/mol. The van der Waals surface area contributed by atoms with Crippen molar-refractivity contribution in [2.24, 2.45) is 25.9 Å². The molecular formula is C99H127F2N19O10S5. The second-order valence-corrected chi connectivity index (χ2v) is 37.8. The van der Waals surface area contributed by atoms with Crippen LogP contribution >= 0.6 is 65.3 Å². The van der Waals surface area contributed by atoms with Crippen LogP contribution in [0.15, 0.2) is 246 Å². The van der Waals surface area contributed by atoms with E-state index in [2.05, 4.69) is 80.5 Å². The number of carbonyl (C=O) groups excluding carboxylic acids is 8. The van der Waals surface area contributed by atoms with Crippen LogP contribution in [0.2, 0.25) is 0 Å². The van der Waals surface area contributed by atoms with E-state index in [1.165, 1.54) is 47.7 Å². The number of pyridine rings is 1. The Bertz CT molecular complexity index is 5660. The summed E-state index contributed by atoms with van der Waals surface area (Å²) >= 11 is 1.39. The van der Waals surface area contributed by atoms with Crippen molar-refractivity contribution >= 4 is 137 Å². The Morgan fingerprint density at radius 3 is 1.12 bits per heavy atom. The Kier molecular flexibility index (Phi) is 36.9.